The summed E-state index contributed by atoms with van der Waals surface area (Å²) in [6.45, 7) is 3.56. The van der Waals surface area contributed by atoms with Crippen molar-refractivity contribution in [2.75, 3.05) is 6.54 Å². The van der Waals surface area contributed by atoms with Gasteiger partial charge in [-0.05, 0) is 20.8 Å². The summed E-state index contributed by atoms with van der Waals surface area (Å²) in [6.07, 6.45) is -5.41. The summed E-state index contributed by atoms with van der Waals surface area (Å²) in [5, 5.41) is 8.55. The predicted octanol–water partition coefficient (Wildman–Crippen LogP) is 1.46. The minimum absolute atomic E-state index is 0.102. The van der Waals surface area contributed by atoms with Crippen molar-refractivity contribution in [3.05, 3.63) is 0 Å². The molecule has 1 rings (SSSR count). The molecule has 7 nitrogen and oxygen atoms in total. The minimum Gasteiger partial charge on any atom is -0.465 e. The van der Waals surface area contributed by atoms with Gasteiger partial charge in [-0.25, -0.2) is 14.5 Å². The van der Waals surface area contributed by atoms with Gasteiger partial charge in [-0.15, -0.1) is 0 Å². The van der Waals surface area contributed by atoms with Crippen molar-refractivity contribution in [2.45, 2.75) is 38.4 Å². The number of hydrogen-bond acceptors (Lipinski definition) is 5. The Hall–Kier alpha value is -1.93. The van der Waals surface area contributed by atoms with E-state index in [2.05, 4.69) is 9.47 Å². The number of amides is 2. The molecule has 0 radical (unpaired) electrons. The second-order valence-electron chi connectivity index (χ2n) is 4.89. The van der Waals surface area contributed by atoms with Crippen molar-refractivity contribution in [1.29, 1.82) is 0 Å². The van der Waals surface area contributed by atoms with Gasteiger partial charge >= 0.3 is 24.1 Å². The summed E-state index contributed by atoms with van der Waals surface area (Å²) in [6, 6.07) is 0. The van der Waals surface area contributed by atoms with E-state index in [4.69, 9.17) is 5.11 Å². The summed E-state index contributed by atoms with van der Waals surface area (Å²) in [5.74, 6) is -6.01. The molecule has 1 aliphatic heterocycles. The van der Waals surface area contributed by atoms with Crippen LogP contribution in [0.4, 0.5) is 18.4 Å². The Kier molecular flexibility index (Phi) is 3.69. The molecule has 0 aliphatic carbocycles. The highest BCUT2D eigenvalue weighted by Crippen LogP contribution is 2.32. The normalized spacial score (nSPS) is 22.3. The van der Waals surface area contributed by atoms with Crippen LogP contribution in [0.5, 0.6) is 0 Å². The lowest BCUT2D eigenvalue weighted by Gasteiger charge is -2.22. The zero-order valence-corrected chi connectivity index (χ0v) is 10.5. The van der Waals surface area contributed by atoms with Crippen molar-refractivity contribution in [3.8, 4) is 0 Å². The summed E-state index contributed by atoms with van der Waals surface area (Å²) in [4.78, 5) is 32.8. The molecule has 2 amide bonds. The maximum absolute atomic E-state index is 13.4. The van der Waals surface area contributed by atoms with Crippen molar-refractivity contribution >= 4 is 18.2 Å². The van der Waals surface area contributed by atoms with Gasteiger partial charge in [0.15, 0.2) is 6.10 Å². The highest BCUT2D eigenvalue weighted by atomic mass is 19.3. The monoisotopic (exact) mass is 281 g/mol. The third kappa shape index (κ3) is 3.30. The minimum atomic E-state index is -4.09. The van der Waals surface area contributed by atoms with Gasteiger partial charge in [0.25, 0.3) is 0 Å². The number of rotatable bonds is 1. The molecule has 0 saturated carbocycles. The smallest absolute Gasteiger partial charge is 0.465 e. The summed E-state index contributed by atoms with van der Waals surface area (Å²) in [7, 11) is 0. The van der Waals surface area contributed by atoms with E-state index in [1.807, 2.05) is 0 Å². The molecule has 108 valence electrons. The van der Waals surface area contributed by atoms with Crippen LogP contribution in [0, 0.1) is 0 Å². The maximum atomic E-state index is 13.4. The van der Waals surface area contributed by atoms with E-state index < -0.39 is 42.3 Å². The number of likely N-dealkylation sites (tertiary alicyclic amines) is 1. The first-order valence-corrected chi connectivity index (χ1v) is 5.27. The van der Waals surface area contributed by atoms with Gasteiger partial charge in [-0.3, -0.25) is 4.79 Å². The largest absolute Gasteiger partial charge is 0.509 e. The number of carboxylic acid groups (broad SMARTS) is 1. The standard InChI is InChI=1S/C10H13F2NO6/c1-9(2,3)19-8(17)18-5-4-13(7(15)16)6(14)10(5,11)12/h5H,4H2,1-3H3,(H,15,16). The quantitative estimate of drug-likeness (QED) is 0.731. The third-order valence-electron chi connectivity index (χ3n) is 2.14. The fourth-order valence-electron chi connectivity index (χ4n) is 1.35. The van der Waals surface area contributed by atoms with Gasteiger partial charge in [0.1, 0.15) is 5.60 Å². The zero-order valence-electron chi connectivity index (χ0n) is 10.5. The molecule has 1 saturated heterocycles. The highest BCUT2D eigenvalue weighted by molar-refractivity contribution is 5.98. The molecule has 1 unspecified atom stereocenters. The molecule has 1 N–H and O–H groups in total. The van der Waals surface area contributed by atoms with Crippen LogP contribution in [-0.4, -0.2) is 52.3 Å². The first-order chi connectivity index (χ1) is 8.45. The third-order valence-corrected chi connectivity index (χ3v) is 2.14. The molecule has 1 heterocycles. The van der Waals surface area contributed by atoms with Gasteiger partial charge in [0, 0.05) is 0 Å². The maximum Gasteiger partial charge on any atom is 0.509 e. The number of halogens is 2. The summed E-state index contributed by atoms with van der Waals surface area (Å²) in [5.41, 5.74) is -0.957. The molecular formula is C10H13F2NO6. The van der Waals surface area contributed by atoms with Crippen LogP contribution in [0.15, 0.2) is 0 Å². The number of carbonyl (C=O) groups is 3. The van der Waals surface area contributed by atoms with Crippen LogP contribution in [0.25, 0.3) is 0 Å². The number of imide groups is 1. The average Bonchev–Trinajstić information content (AvgIpc) is 2.39. The number of alkyl halides is 2. The number of ether oxygens (including phenoxy) is 2. The van der Waals surface area contributed by atoms with Crippen LogP contribution in [0.3, 0.4) is 0 Å². The lowest BCUT2D eigenvalue weighted by molar-refractivity contribution is -0.156. The lowest BCUT2D eigenvalue weighted by atomic mass is 10.2. The fourth-order valence-corrected chi connectivity index (χ4v) is 1.35. The first kappa shape index (κ1) is 15.1. The SMILES string of the molecule is CC(C)(C)OC(=O)OC1CN(C(=O)O)C(=O)C1(F)F. The molecule has 0 aromatic heterocycles. The molecule has 9 heteroatoms. The summed E-state index contributed by atoms with van der Waals surface area (Å²) < 4.78 is 35.8. The molecule has 0 aromatic carbocycles. The van der Waals surface area contributed by atoms with E-state index in [1.165, 1.54) is 20.8 Å². The predicted molar refractivity (Wildman–Crippen MR) is 55.8 cm³/mol. The van der Waals surface area contributed by atoms with Crippen molar-refractivity contribution in [3.63, 3.8) is 0 Å². The van der Waals surface area contributed by atoms with Crippen molar-refractivity contribution in [2.24, 2.45) is 0 Å². The number of hydrogen-bond donors (Lipinski definition) is 1. The Labute approximate surface area is 107 Å². The zero-order chi connectivity index (χ0) is 15.0. The second kappa shape index (κ2) is 4.63. The fraction of sp³-hybridized carbons (Fsp3) is 0.700. The lowest BCUT2D eigenvalue weighted by Crippen LogP contribution is -2.40. The summed E-state index contributed by atoms with van der Waals surface area (Å²) >= 11 is 0. The Morgan fingerprint density at radius 1 is 1.42 bits per heavy atom. The molecular weight excluding hydrogens is 268 g/mol. The van der Waals surface area contributed by atoms with Crippen molar-refractivity contribution < 1.29 is 37.7 Å². The Morgan fingerprint density at radius 2 is 1.95 bits per heavy atom. The Balaban J connectivity index is 2.77. The topological polar surface area (TPSA) is 93.1 Å². The molecule has 1 fully saturated rings. The number of nitrogens with zero attached hydrogens (tertiary/aromatic N) is 1. The van der Waals surface area contributed by atoms with Crippen LogP contribution >= 0.6 is 0 Å². The van der Waals surface area contributed by atoms with E-state index in [-0.39, 0.29) is 4.90 Å². The molecule has 0 bridgehead atoms. The van der Waals surface area contributed by atoms with Gasteiger partial charge in [0.2, 0.25) is 0 Å². The van der Waals surface area contributed by atoms with Crippen LogP contribution in [0.1, 0.15) is 20.8 Å². The molecule has 0 aromatic rings. The van der Waals surface area contributed by atoms with Gasteiger partial charge in [0.05, 0.1) is 6.54 Å². The van der Waals surface area contributed by atoms with Crippen LogP contribution in [0.2, 0.25) is 0 Å². The molecule has 1 atom stereocenters. The van der Waals surface area contributed by atoms with Gasteiger partial charge in [-0.1, -0.05) is 0 Å². The van der Waals surface area contributed by atoms with E-state index in [0.717, 1.165) is 0 Å². The molecule has 19 heavy (non-hydrogen) atoms. The van der Waals surface area contributed by atoms with Gasteiger partial charge < -0.3 is 14.6 Å². The van der Waals surface area contributed by atoms with E-state index in [9.17, 15) is 23.2 Å². The average molecular weight is 281 g/mol. The Bertz CT molecular complexity index is 417. The highest BCUT2D eigenvalue weighted by Gasteiger charge is 2.60. The van der Waals surface area contributed by atoms with Crippen LogP contribution in [-0.2, 0) is 14.3 Å². The van der Waals surface area contributed by atoms with Gasteiger partial charge in [-0.2, -0.15) is 8.78 Å². The number of carbonyl (C=O) groups excluding carboxylic acids is 2. The molecule has 0 spiro atoms. The van der Waals surface area contributed by atoms with E-state index >= 15 is 0 Å². The first-order valence-electron chi connectivity index (χ1n) is 5.27. The second-order valence-corrected chi connectivity index (χ2v) is 4.89. The molecule has 1 aliphatic rings. The van der Waals surface area contributed by atoms with E-state index in [1.54, 1.807) is 0 Å². The Morgan fingerprint density at radius 3 is 2.32 bits per heavy atom. The van der Waals surface area contributed by atoms with E-state index in [0.29, 0.717) is 0 Å². The van der Waals surface area contributed by atoms with Crippen LogP contribution < -0.4 is 0 Å². The van der Waals surface area contributed by atoms with Crippen molar-refractivity contribution in [1.82, 2.24) is 4.90 Å².